The van der Waals surface area contributed by atoms with Crippen molar-refractivity contribution in [1.82, 2.24) is 0 Å². The number of carbonyl (C=O) groups is 1. The number of alkyl halides is 1. The number of ketones is 1. The number of rotatable bonds is 6. The summed E-state index contributed by atoms with van der Waals surface area (Å²) in [4.78, 5) is 17.3. The molecule has 25 heavy (non-hydrogen) atoms. The molecule has 1 heterocycles. The predicted molar refractivity (Wildman–Crippen MR) is 105 cm³/mol. The molecule has 0 aliphatic carbocycles. The quantitative estimate of drug-likeness (QED) is 0.218. The summed E-state index contributed by atoms with van der Waals surface area (Å²) in [6, 6.07) is 5.70. The molecular formula is C20H23Cl2NO2. The van der Waals surface area contributed by atoms with Gasteiger partial charge in [0.25, 0.3) is 0 Å². The average Bonchev–Trinajstić information content (AvgIpc) is 2.63. The molecule has 1 aliphatic rings. The van der Waals surface area contributed by atoms with E-state index in [4.69, 9.17) is 27.9 Å². The zero-order valence-electron chi connectivity index (χ0n) is 14.8. The van der Waals surface area contributed by atoms with E-state index < -0.39 is 0 Å². The molecule has 0 amide bonds. The molecule has 1 aromatic rings. The summed E-state index contributed by atoms with van der Waals surface area (Å²) in [5.41, 5.74) is 3.61. The summed E-state index contributed by atoms with van der Waals surface area (Å²) in [5, 5.41) is 0.651. The van der Waals surface area contributed by atoms with Crippen LogP contribution in [-0.2, 0) is 11.2 Å². The Kier molecular flexibility index (Phi) is 7.27. The first-order valence-electron chi connectivity index (χ1n) is 8.39. The molecule has 134 valence electrons. The number of nitrogens with zero attached hydrogens (tertiary/aromatic N) is 1. The van der Waals surface area contributed by atoms with Crippen LogP contribution < -0.4 is 4.74 Å². The molecule has 0 radical (unpaired) electrons. The van der Waals surface area contributed by atoms with E-state index in [1.807, 2.05) is 32.1 Å². The summed E-state index contributed by atoms with van der Waals surface area (Å²) < 4.78 is 5.78. The number of benzene rings is 1. The average molecular weight is 380 g/mol. The van der Waals surface area contributed by atoms with E-state index in [0.29, 0.717) is 23.6 Å². The van der Waals surface area contributed by atoms with E-state index in [2.05, 4.69) is 11.9 Å². The first-order valence-corrected chi connectivity index (χ1v) is 9.30. The molecule has 1 aliphatic heterocycles. The first-order chi connectivity index (χ1) is 12.0. The van der Waals surface area contributed by atoms with Crippen molar-refractivity contribution in [2.24, 2.45) is 10.9 Å². The van der Waals surface area contributed by atoms with Gasteiger partial charge in [0.2, 0.25) is 0 Å². The number of Topliss-reactive ketones (excluding diaryl/α,β-unsaturated/α-hetero) is 1. The van der Waals surface area contributed by atoms with Gasteiger partial charge in [-0.3, -0.25) is 9.79 Å². The van der Waals surface area contributed by atoms with Crippen molar-refractivity contribution in [1.29, 1.82) is 0 Å². The normalized spacial score (nSPS) is 18.6. The fraction of sp³-hybridized carbons (Fsp3) is 0.400. The van der Waals surface area contributed by atoms with Gasteiger partial charge in [-0.15, -0.1) is 11.6 Å². The highest BCUT2D eigenvalue weighted by Gasteiger charge is 2.29. The van der Waals surface area contributed by atoms with Crippen molar-refractivity contribution in [3.63, 3.8) is 0 Å². The third kappa shape index (κ3) is 4.74. The molecule has 0 N–H and O–H groups in total. The van der Waals surface area contributed by atoms with Crippen LogP contribution in [-0.4, -0.2) is 24.6 Å². The van der Waals surface area contributed by atoms with Gasteiger partial charge in [-0.2, -0.15) is 0 Å². The van der Waals surface area contributed by atoms with Crippen LogP contribution in [0.5, 0.6) is 5.75 Å². The minimum Gasteiger partial charge on any atom is -0.493 e. The smallest absolute Gasteiger partial charge is 0.170 e. The van der Waals surface area contributed by atoms with Crippen molar-refractivity contribution in [3.8, 4) is 5.75 Å². The van der Waals surface area contributed by atoms with Crippen molar-refractivity contribution in [3.05, 3.63) is 51.6 Å². The van der Waals surface area contributed by atoms with E-state index in [0.717, 1.165) is 28.9 Å². The number of carbonyl (C=O) groups excluding carboxylic acids is 1. The maximum Gasteiger partial charge on any atom is 0.170 e. The predicted octanol–water partition coefficient (Wildman–Crippen LogP) is 5.40. The van der Waals surface area contributed by atoms with E-state index >= 15 is 0 Å². The fourth-order valence-corrected chi connectivity index (χ4v) is 3.17. The molecule has 1 aromatic carbocycles. The second kappa shape index (κ2) is 9.21. The Labute approximate surface area is 159 Å². The molecule has 1 atom stereocenters. The maximum absolute atomic E-state index is 13.1. The van der Waals surface area contributed by atoms with Crippen molar-refractivity contribution in [2.45, 2.75) is 33.6 Å². The van der Waals surface area contributed by atoms with E-state index in [1.54, 1.807) is 12.3 Å². The second-order valence-electron chi connectivity index (χ2n) is 6.01. The lowest BCUT2D eigenvalue weighted by Gasteiger charge is -2.26. The molecule has 1 unspecified atom stereocenters. The lowest BCUT2D eigenvalue weighted by Crippen LogP contribution is -2.30. The Morgan fingerprint density at radius 3 is 2.84 bits per heavy atom. The van der Waals surface area contributed by atoms with Crippen LogP contribution in [0, 0.1) is 5.92 Å². The molecule has 0 saturated heterocycles. The van der Waals surface area contributed by atoms with E-state index in [1.165, 1.54) is 0 Å². The third-order valence-corrected chi connectivity index (χ3v) is 4.80. The minimum atomic E-state index is -0.235. The van der Waals surface area contributed by atoms with Crippen LogP contribution in [0.1, 0.15) is 32.8 Å². The zero-order valence-corrected chi connectivity index (χ0v) is 16.3. The summed E-state index contributed by atoms with van der Waals surface area (Å²) in [5.74, 6) is 0.637. The molecule has 0 spiro atoms. The van der Waals surface area contributed by atoms with Gasteiger partial charge in [0.15, 0.2) is 5.78 Å². The molecule has 0 saturated carbocycles. The Hall–Kier alpha value is -1.58. The Morgan fingerprint density at radius 1 is 1.44 bits per heavy atom. The van der Waals surface area contributed by atoms with Crippen molar-refractivity contribution >= 4 is 35.2 Å². The number of hydrogen-bond donors (Lipinski definition) is 0. The van der Waals surface area contributed by atoms with Crippen molar-refractivity contribution in [2.75, 3.05) is 12.6 Å². The monoisotopic (exact) mass is 379 g/mol. The summed E-state index contributed by atoms with van der Waals surface area (Å²) in [6.07, 6.45) is 5.02. The number of aliphatic imine (C=N–C) groups is 1. The SMILES string of the molecule is C\C=C(C(=O)C1COc2ccc(Cl)cc2C1)/C(/C=N\CCl)=C(/C)CC. The van der Waals surface area contributed by atoms with Crippen LogP contribution in [0.4, 0.5) is 0 Å². The molecule has 3 nitrogen and oxygen atoms in total. The van der Waals surface area contributed by atoms with Crippen LogP contribution in [0.25, 0.3) is 0 Å². The molecule has 2 rings (SSSR count). The number of hydrogen-bond acceptors (Lipinski definition) is 3. The highest BCUT2D eigenvalue weighted by molar-refractivity contribution is 6.30. The highest BCUT2D eigenvalue weighted by atomic mass is 35.5. The molecule has 0 fully saturated rings. The summed E-state index contributed by atoms with van der Waals surface area (Å²) in [6.45, 7) is 6.32. The van der Waals surface area contributed by atoms with Gasteiger partial charge in [0.1, 0.15) is 11.8 Å². The molecule has 5 heteroatoms. The molecule has 0 bridgehead atoms. The Balaban J connectivity index is 2.30. The van der Waals surface area contributed by atoms with Gasteiger partial charge < -0.3 is 4.74 Å². The van der Waals surface area contributed by atoms with Gasteiger partial charge >= 0.3 is 0 Å². The van der Waals surface area contributed by atoms with Gasteiger partial charge in [-0.05, 0) is 50.5 Å². The van der Waals surface area contributed by atoms with Gasteiger partial charge in [-0.1, -0.05) is 30.2 Å². The van der Waals surface area contributed by atoms with Crippen molar-refractivity contribution < 1.29 is 9.53 Å². The van der Waals surface area contributed by atoms with Crippen LogP contribution in [0.15, 0.2) is 46.0 Å². The van der Waals surface area contributed by atoms with Crippen LogP contribution >= 0.6 is 23.2 Å². The van der Waals surface area contributed by atoms with Gasteiger partial charge in [0, 0.05) is 22.4 Å². The van der Waals surface area contributed by atoms with Gasteiger partial charge in [0.05, 0.1) is 12.5 Å². The molecule has 0 aromatic heterocycles. The number of fused-ring (bicyclic) bond motifs is 1. The highest BCUT2D eigenvalue weighted by Crippen LogP contribution is 2.32. The largest absolute Gasteiger partial charge is 0.493 e. The van der Waals surface area contributed by atoms with E-state index in [-0.39, 0.29) is 17.7 Å². The summed E-state index contributed by atoms with van der Waals surface area (Å²) >= 11 is 11.8. The van der Waals surface area contributed by atoms with Gasteiger partial charge in [-0.25, -0.2) is 0 Å². The second-order valence-corrected chi connectivity index (χ2v) is 6.68. The topological polar surface area (TPSA) is 38.7 Å². The molecular weight excluding hydrogens is 357 g/mol. The standard InChI is InChI=1S/C20H23Cl2NO2/c1-4-13(3)18(10-23-12-21)17(5-2)20(24)15-8-14-9-16(22)6-7-19(14)25-11-15/h5-7,9-10,15H,4,8,11-12H2,1-3H3/b17-5+,18-13-,23-10-. The van der Waals surface area contributed by atoms with Crippen LogP contribution in [0.2, 0.25) is 5.02 Å². The fourth-order valence-electron chi connectivity index (χ4n) is 2.91. The Morgan fingerprint density at radius 2 is 2.20 bits per heavy atom. The number of ether oxygens (including phenoxy) is 1. The lowest BCUT2D eigenvalue weighted by atomic mass is 9.85. The number of allylic oxidation sites excluding steroid dienone is 4. The maximum atomic E-state index is 13.1. The zero-order chi connectivity index (χ0) is 18.4. The first kappa shape index (κ1) is 19.7. The van der Waals surface area contributed by atoms with E-state index in [9.17, 15) is 4.79 Å². The number of halogens is 2. The third-order valence-electron chi connectivity index (χ3n) is 4.42. The lowest BCUT2D eigenvalue weighted by molar-refractivity contribution is -0.120. The van der Waals surface area contributed by atoms with Crippen LogP contribution in [0.3, 0.4) is 0 Å². The minimum absolute atomic E-state index is 0.0666. The Bertz CT molecular complexity index is 735. The summed E-state index contributed by atoms with van der Waals surface area (Å²) in [7, 11) is 0.